The standard InChI is InChI=1S/C27H29F/c1-3-5-23-14-15-25-18-24(16-17-26(25)27(23)28)22-12-10-21(11-13-22)20-8-6-19(4-2)7-9-20/h3,5,10-20H,4,6-9H2,1-2H3/b5-3+. The predicted molar refractivity (Wildman–Crippen MR) is 119 cm³/mol. The first-order chi connectivity index (χ1) is 13.7. The molecule has 0 atom stereocenters. The van der Waals surface area contributed by atoms with Gasteiger partial charge in [0.05, 0.1) is 0 Å². The third-order valence-corrected chi connectivity index (χ3v) is 6.47. The lowest BCUT2D eigenvalue weighted by molar-refractivity contribution is 0.319. The number of hydrogen-bond acceptors (Lipinski definition) is 0. The van der Waals surface area contributed by atoms with Crippen molar-refractivity contribution in [2.45, 2.75) is 51.9 Å². The summed E-state index contributed by atoms with van der Waals surface area (Å²) < 4.78 is 14.7. The molecule has 0 aromatic heterocycles. The average molecular weight is 373 g/mol. The highest BCUT2D eigenvalue weighted by Crippen LogP contribution is 2.37. The molecule has 0 aliphatic heterocycles. The summed E-state index contributed by atoms with van der Waals surface area (Å²) in [6.45, 7) is 4.22. The largest absolute Gasteiger partial charge is 0.206 e. The van der Waals surface area contributed by atoms with E-state index in [2.05, 4.69) is 37.3 Å². The lowest BCUT2D eigenvalue weighted by Crippen LogP contribution is -2.12. The minimum atomic E-state index is -0.139. The molecular weight excluding hydrogens is 343 g/mol. The number of rotatable bonds is 4. The molecular formula is C27H29F. The fourth-order valence-electron chi connectivity index (χ4n) is 4.65. The molecule has 0 nitrogen and oxygen atoms in total. The molecule has 0 heterocycles. The van der Waals surface area contributed by atoms with Gasteiger partial charge in [-0.2, -0.15) is 0 Å². The van der Waals surface area contributed by atoms with E-state index < -0.39 is 0 Å². The van der Waals surface area contributed by atoms with Gasteiger partial charge in [-0.1, -0.05) is 74.0 Å². The van der Waals surface area contributed by atoms with E-state index in [0.717, 1.165) is 16.9 Å². The van der Waals surface area contributed by atoms with Crippen LogP contribution in [0.5, 0.6) is 0 Å². The first-order valence-corrected chi connectivity index (χ1v) is 10.6. The Morgan fingerprint density at radius 3 is 2.29 bits per heavy atom. The maximum atomic E-state index is 14.7. The lowest BCUT2D eigenvalue weighted by Gasteiger charge is -2.28. The summed E-state index contributed by atoms with van der Waals surface area (Å²) in [6.07, 6.45) is 10.4. The van der Waals surface area contributed by atoms with Gasteiger partial charge < -0.3 is 0 Å². The Bertz CT molecular complexity index is 973. The van der Waals surface area contributed by atoms with Crippen LogP contribution >= 0.6 is 0 Å². The Morgan fingerprint density at radius 1 is 0.893 bits per heavy atom. The summed E-state index contributed by atoms with van der Waals surface area (Å²) in [6, 6.07) is 19.0. The van der Waals surface area contributed by atoms with Crippen LogP contribution in [-0.4, -0.2) is 0 Å². The SMILES string of the molecule is C/C=C/c1ccc2cc(-c3ccc(C4CCC(CC)CC4)cc3)ccc2c1F. The van der Waals surface area contributed by atoms with Gasteiger partial charge in [-0.05, 0) is 72.6 Å². The third kappa shape index (κ3) is 3.76. The zero-order valence-electron chi connectivity index (χ0n) is 16.9. The van der Waals surface area contributed by atoms with E-state index in [9.17, 15) is 4.39 Å². The van der Waals surface area contributed by atoms with Crippen LogP contribution in [0.25, 0.3) is 28.0 Å². The Morgan fingerprint density at radius 2 is 1.61 bits per heavy atom. The summed E-state index contributed by atoms with van der Waals surface area (Å²) >= 11 is 0. The minimum Gasteiger partial charge on any atom is -0.206 e. The summed E-state index contributed by atoms with van der Waals surface area (Å²) in [4.78, 5) is 0. The van der Waals surface area contributed by atoms with Crippen molar-refractivity contribution in [2.24, 2.45) is 5.92 Å². The monoisotopic (exact) mass is 372 g/mol. The topological polar surface area (TPSA) is 0 Å². The summed E-state index contributed by atoms with van der Waals surface area (Å²) in [7, 11) is 0. The van der Waals surface area contributed by atoms with Crippen LogP contribution < -0.4 is 0 Å². The van der Waals surface area contributed by atoms with Gasteiger partial charge in [0.25, 0.3) is 0 Å². The number of hydrogen-bond donors (Lipinski definition) is 0. The molecule has 1 aliphatic rings. The van der Waals surface area contributed by atoms with Gasteiger partial charge in [-0.25, -0.2) is 4.39 Å². The van der Waals surface area contributed by atoms with Crippen LogP contribution in [0.2, 0.25) is 0 Å². The quantitative estimate of drug-likeness (QED) is 0.431. The maximum absolute atomic E-state index is 14.7. The van der Waals surface area contributed by atoms with Crippen molar-refractivity contribution in [2.75, 3.05) is 0 Å². The molecule has 0 bridgehead atoms. The van der Waals surface area contributed by atoms with Crippen LogP contribution in [0.4, 0.5) is 4.39 Å². The van der Waals surface area contributed by atoms with Crippen LogP contribution in [0.1, 0.15) is 63.0 Å². The zero-order valence-corrected chi connectivity index (χ0v) is 16.9. The van der Waals surface area contributed by atoms with E-state index in [1.165, 1.54) is 43.2 Å². The highest BCUT2D eigenvalue weighted by atomic mass is 19.1. The van der Waals surface area contributed by atoms with Crippen LogP contribution in [-0.2, 0) is 0 Å². The van der Waals surface area contributed by atoms with E-state index in [4.69, 9.17) is 0 Å². The van der Waals surface area contributed by atoms with Crippen LogP contribution in [0.3, 0.4) is 0 Å². The molecule has 1 aliphatic carbocycles. The fourth-order valence-corrected chi connectivity index (χ4v) is 4.65. The molecule has 3 aromatic rings. The second-order valence-electron chi connectivity index (χ2n) is 8.15. The zero-order chi connectivity index (χ0) is 19.5. The van der Waals surface area contributed by atoms with E-state index >= 15 is 0 Å². The fraction of sp³-hybridized carbons (Fsp3) is 0.333. The van der Waals surface area contributed by atoms with Gasteiger partial charge in [0, 0.05) is 10.9 Å². The molecule has 0 N–H and O–H groups in total. The van der Waals surface area contributed by atoms with Gasteiger partial charge in [0.1, 0.15) is 5.82 Å². The molecule has 0 unspecified atom stereocenters. The number of allylic oxidation sites excluding steroid dienone is 1. The van der Waals surface area contributed by atoms with Crippen molar-refractivity contribution in [3.63, 3.8) is 0 Å². The molecule has 0 saturated heterocycles. The Balaban J connectivity index is 1.57. The van der Waals surface area contributed by atoms with E-state index in [1.807, 2.05) is 43.3 Å². The second-order valence-corrected chi connectivity index (χ2v) is 8.15. The van der Waals surface area contributed by atoms with Crippen molar-refractivity contribution < 1.29 is 4.39 Å². The molecule has 1 heteroatoms. The molecule has 1 fully saturated rings. The van der Waals surface area contributed by atoms with Gasteiger partial charge >= 0.3 is 0 Å². The molecule has 1 saturated carbocycles. The normalized spacial score (nSPS) is 20.1. The second kappa shape index (κ2) is 8.31. The molecule has 0 spiro atoms. The van der Waals surface area contributed by atoms with Gasteiger partial charge in [0.2, 0.25) is 0 Å². The highest BCUT2D eigenvalue weighted by Gasteiger charge is 2.21. The first kappa shape index (κ1) is 18.9. The predicted octanol–water partition coefficient (Wildman–Crippen LogP) is 8.36. The van der Waals surface area contributed by atoms with Crippen LogP contribution in [0.15, 0.2) is 60.7 Å². The van der Waals surface area contributed by atoms with Crippen molar-refractivity contribution >= 4 is 16.8 Å². The molecule has 0 amide bonds. The van der Waals surface area contributed by atoms with E-state index in [0.29, 0.717) is 16.9 Å². The smallest absolute Gasteiger partial charge is 0.138 e. The van der Waals surface area contributed by atoms with Crippen molar-refractivity contribution in [3.05, 3.63) is 77.6 Å². The number of fused-ring (bicyclic) bond motifs is 1. The van der Waals surface area contributed by atoms with Crippen LogP contribution in [0, 0.1) is 11.7 Å². The van der Waals surface area contributed by atoms with Crippen molar-refractivity contribution in [1.82, 2.24) is 0 Å². The first-order valence-electron chi connectivity index (χ1n) is 10.6. The lowest BCUT2D eigenvalue weighted by atomic mass is 9.77. The molecule has 3 aromatic carbocycles. The van der Waals surface area contributed by atoms with Gasteiger partial charge in [-0.15, -0.1) is 0 Å². The molecule has 144 valence electrons. The molecule has 28 heavy (non-hydrogen) atoms. The minimum absolute atomic E-state index is 0.139. The Labute approximate surface area is 168 Å². The summed E-state index contributed by atoms with van der Waals surface area (Å²) in [5.41, 5.74) is 4.46. The number of halogens is 1. The molecule has 4 rings (SSSR count). The summed E-state index contributed by atoms with van der Waals surface area (Å²) in [5.74, 6) is 1.51. The van der Waals surface area contributed by atoms with E-state index in [-0.39, 0.29) is 5.82 Å². The van der Waals surface area contributed by atoms with E-state index in [1.54, 1.807) is 0 Å². The Kier molecular flexibility index (Phi) is 5.62. The average Bonchev–Trinajstić information content (AvgIpc) is 2.76. The van der Waals surface area contributed by atoms with Crippen molar-refractivity contribution in [1.29, 1.82) is 0 Å². The maximum Gasteiger partial charge on any atom is 0.138 e. The highest BCUT2D eigenvalue weighted by molar-refractivity contribution is 5.89. The number of benzene rings is 3. The van der Waals surface area contributed by atoms with Crippen molar-refractivity contribution in [3.8, 4) is 11.1 Å². The third-order valence-electron chi connectivity index (χ3n) is 6.47. The Hall–Kier alpha value is -2.41. The van der Waals surface area contributed by atoms with Gasteiger partial charge in [0.15, 0.2) is 0 Å². The molecule has 0 radical (unpaired) electrons. The summed E-state index contributed by atoms with van der Waals surface area (Å²) in [5, 5.41) is 1.63. The van der Waals surface area contributed by atoms with Gasteiger partial charge in [-0.3, -0.25) is 0 Å².